The molecule has 6 heteroatoms. The Labute approximate surface area is 192 Å². The molecule has 33 heavy (non-hydrogen) atoms. The lowest BCUT2D eigenvalue weighted by molar-refractivity contribution is 0.0518. The van der Waals surface area contributed by atoms with E-state index in [-0.39, 0.29) is 18.2 Å². The molecule has 4 aromatic rings. The van der Waals surface area contributed by atoms with Gasteiger partial charge in [0.05, 0.1) is 18.0 Å². The van der Waals surface area contributed by atoms with Crippen molar-refractivity contribution in [1.82, 2.24) is 14.7 Å². The quantitative estimate of drug-likeness (QED) is 0.406. The number of likely N-dealkylation sites (tertiary alicyclic amines) is 1. The second-order valence-electron chi connectivity index (χ2n) is 8.16. The lowest BCUT2D eigenvalue weighted by Crippen LogP contribution is -2.27. The number of fused-ring (bicyclic) bond motifs is 1. The number of benzene rings is 3. The van der Waals surface area contributed by atoms with E-state index < -0.39 is 5.97 Å². The van der Waals surface area contributed by atoms with E-state index in [9.17, 15) is 9.59 Å². The molecule has 5 rings (SSSR count). The summed E-state index contributed by atoms with van der Waals surface area (Å²) in [4.78, 5) is 27.0. The summed E-state index contributed by atoms with van der Waals surface area (Å²) < 4.78 is 6.92. The largest absolute Gasteiger partial charge is 0.461 e. The molecule has 0 radical (unpaired) electrons. The van der Waals surface area contributed by atoms with Gasteiger partial charge in [0.25, 0.3) is 5.91 Å². The van der Waals surface area contributed by atoms with Gasteiger partial charge in [-0.2, -0.15) is 5.10 Å². The Morgan fingerprint density at radius 3 is 2.36 bits per heavy atom. The molecule has 0 bridgehead atoms. The van der Waals surface area contributed by atoms with E-state index in [4.69, 9.17) is 4.74 Å². The Balaban J connectivity index is 1.55. The van der Waals surface area contributed by atoms with Gasteiger partial charge >= 0.3 is 5.97 Å². The van der Waals surface area contributed by atoms with Crippen molar-refractivity contribution in [2.24, 2.45) is 0 Å². The van der Waals surface area contributed by atoms with Crippen LogP contribution in [-0.4, -0.2) is 46.3 Å². The third-order valence-corrected chi connectivity index (χ3v) is 5.99. The highest BCUT2D eigenvalue weighted by atomic mass is 16.5. The maximum absolute atomic E-state index is 12.7. The molecule has 1 aliphatic heterocycles. The maximum atomic E-state index is 12.7. The molecule has 2 heterocycles. The van der Waals surface area contributed by atoms with Crippen LogP contribution in [0.15, 0.2) is 72.8 Å². The van der Waals surface area contributed by atoms with E-state index in [2.05, 4.69) is 29.4 Å². The number of carbonyl (C=O) groups excluding carboxylic acids is 2. The fourth-order valence-electron chi connectivity index (χ4n) is 4.28. The number of hydrogen-bond donors (Lipinski definition) is 0. The number of rotatable bonds is 5. The highest BCUT2D eigenvalue weighted by molar-refractivity contribution is 5.95. The average Bonchev–Trinajstić information content (AvgIpc) is 3.54. The van der Waals surface area contributed by atoms with Crippen LogP contribution in [0.1, 0.15) is 40.6 Å². The molecule has 1 aromatic heterocycles. The van der Waals surface area contributed by atoms with Crippen molar-refractivity contribution in [1.29, 1.82) is 0 Å². The summed E-state index contributed by atoms with van der Waals surface area (Å²) in [6, 6.07) is 23.5. The fraction of sp³-hybridized carbons (Fsp3) is 0.222. The molecule has 6 nitrogen and oxygen atoms in total. The Bertz CT molecular complexity index is 1320. The first-order valence-corrected chi connectivity index (χ1v) is 11.3. The topological polar surface area (TPSA) is 64.4 Å². The molecule has 1 amide bonds. The number of aromatic nitrogens is 2. The molecule has 3 aromatic carbocycles. The lowest BCUT2D eigenvalue weighted by Gasteiger charge is -2.15. The van der Waals surface area contributed by atoms with Crippen LogP contribution in [0.5, 0.6) is 0 Å². The van der Waals surface area contributed by atoms with Crippen molar-refractivity contribution in [2.45, 2.75) is 19.8 Å². The Morgan fingerprint density at radius 1 is 0.909 bits per heavy atom. The van der Waals surface area contributed by atoms with Gasteiger partial charge in [-0.25, -0.2) is 9.48 Å². The van der Waals surface area contributed by atoms with E-state index in [1.165, 1.54) is 0 Å². The van der Waals surface area contributed by atoms with Crippen LogP contribution < -0.4 is 0 Å². The van der Waals surface area contributed by atoms with Gasteiger partial charge in [-0.05, 0) is 66.9 Å². The zero-order chi connectivity index (χ0) is 22.8. The normalized spacial score (nSPS) is 13.4. The van der Waals surface area contributed by atoms with Gasteiger partial charge in [-0.3, -0.25) is 4.79 Å². The van der Waals surface area contributed by atoms with Gasteiger partial charge in [-0.1, -0.05) is 36.4 Å². The van der Waals surface area contributed by atoms with Gasteiger partial charge in [0.1, 0.15) is 0 Å². The zero-order valence-electron chi connectivity index (χ0n) is 18.5. The zero-order valence-corrected chi connectivity index (χ0v) is 18.5. The Hall–Kier alpha value is -3.93. The van der Waals surface area contributed by atoms with Crippen LogP contribution in [0.25, 0.3) is 27.7 Å². The molecule has 1 aliphatic rings. The predicted octanol–water partition coefficient (Wildman–Crippen LogP) is 5.11. The molecular weight excluding hydrogens is 414 g/mol. The van der Waals surface area contributed by atoms with Crippen molar-refractivity contribution in [3.05, 3.63) is 84.1 Å². The highest BCUT2D eigenvalue weighted by Crippen LogP contribution is 2.28. The molecular formula is C27H25N3O3. The minimum absolute atomic E-state index is 0.0569. The van der Waals surface area contributed by atoms with Crippen molar-refractivity contribution in [3.8, 4) is 16.9 Å². The van der Waals surface area contributed by atoms with Crippen molar-refractivity contribution < 1.29 is 14.3 Å². The van der Waals surface area contributed by atoms with Gasteiger partial charge in [-0.15, -0.1) is 0 Å². The second kappa shape index (κ2) is 8.90. The summed E-state index contributed by atoms with van der Waals surface area (Å²) in [6.07, 6.45) is 2.12. The summed E-state index contributed by atoms with van der Waals surface area (Å²) in [7, 11) is 0. The number of amides is 1. The molecule has 0 unspecified atom stereocenters. The van der Waals surface area contributed by atoms with Gasteiger partial charge in [0.15, 0.2) is 5.69 Å². The maximum Gasteiger partial charge on any atom is 0.358 e. The first-order valence-electron chi connectivity index (χ1n) is 11.3. The fourth-order valence-corrected chi connectivity index (χ4v) is 4.28. The van der Waals surface area contributed by atoms with E-state index in [0.717, 1.165) is 53.6 Å². The van der Waals surface area contributed by atoms with Gasteiger partial charge in [0.2, 0.25) is 0 Å². The summed E-state index contributed by atoms with van der Waals surface area (Å²) in [5.74, 6) is -0.402. The molecule has 0 atom stereocenters. The summed E-state index contributed by atoms with van der Waals surface area (Å²) >= 11 is 0. The van der Waals surface area contributed by atoms with E-state index >= 15 is 0 Å². The number of esters is 1. The first-order chi connectivity index (χ1) is 16.1. The number of hydrogen-bond acceptors (Lipinski definition) is 4. The summed E-state index contributed by atoms with van der Waals surface area (Å²) in [6.45, 7) is 3.68. The molecule has 0 spiro atoms. The van der Waals surface area contributed by atoms with Crippen LogP contribution >= 0.6 is 0 Å². The average molecular weight is 440 g/mol. The molecule has 0 N–H and O–H groups in total. The lowest BCUT2D eigenvalue weighted by atomic mass is 10.0. The minimum atomic E-state index is -0.459. The molecule has 166 valence electrons. The van der Waals surface area contributed by atoms with Crippen LogP contribution in [0.3, 0.4) is 0 Å². The first kappa shape index (κ1) is 20.9. The molecule has 0 aliphatic carbocycles. The van der Waals surface area contributed by atoms with Crippen molar-refractivity contribution >= 4 is 22.6 Å². The highest BCUT2D eigenvalue weighted by Gasteiger charge is 2.21. The summed E-state index contributed by atoms with van der Waals surface area (Å²) in [5.41, 5.74) is 3.39. The van der Waals surface area contributed by atoms with Crippen molar-refractivity contribution in [3.63, 3.8) is 0 Å². The predicted molar refractivity (Wildman–Crippen MR) is 128 cm³/mol. The van der Waals surface area contributed by atoms with Crippen molar-refractivity contribution in [2.75, 3.05) is 19.7 Å². The molecule has 0 saturated carbocycles. The number of ether oxygens (including phenoxy) is 1. The second-order valence-corrected chi connectivity index (χ2v) is 8.16. The van der Waals surface area contributed by atoms with Crippen LogP contribution in [-0.2, 0) is 4.74 Å². The Kier molecular flexibility index (Phi) is 5.65. The minimum Gasteiger partial charge on any atom is -0.461 e. The van der Waals surface area contributed by atoms with E-state index in [1.807, 2.05) is 47.4 Å². The smallest absolute Gasteiger partial charge is 0.358 e. The third-order valence-electron chi connectivity index (χ3n) is 5.99. The third kappa shape index (κ3) is 4.12. The van der Waals surface area contributed by atoms with E-state index in [0.29, 0.717) is 5.56 Å². The van der Waals surface area contributed by atoms with Crippen LogP contribution in [0.2, 0.25) is 0 Å². The Morgan fingerprint density at radius 2 is 1.64 bits per heavy atom. The monoisotopic (exact) mass is 439 g/mol. The van der Waals surface area contributed by atoms with Gasteiger partial charge < -0.3 is 9.64 Å². The number of nitrogens with zero attached hydrogens (tertiary/aromatic N) is 3. The summed E-state index contributed by atoms with van der Waals surface area (Å²) in [5, 5.41) is 6.80. The molecule has 1 saturated heterocycles. The van der Waals surface area contributed by atoms with Crippen LogP contribution in [0.4, 0.5) is 0 Å². The van der Waals surface area contributed by atoms with E-state index in [1.54, 1.807) is 17.7 Å². The number of carbonyl (C=O) groups is 2. The molecule has 1 fully saturated rings. The van der Waals surface area contributed by atoms with Gasteiger partial charge in [0, 0.05) is 24.2 Å². The standard InChI is InChI=1S/C27H25N3O3/c1-2-33-27(32)24-18-25(22-10-9-19-7-3-4-8-21(19)17-22)30(28-24)23-13-11-20(12-14-23)26(31)29-15-5-6-16-29/h3-4,7-14,17-18H,2,5-6,15-16H2,1H3. The SMILES string of the molecule is CCOC(=O)c1cc(-c2ccc3ccccc3c2)n(-c2ccc(C(=O)N3CCCC3)cc2)n1. The van der Waals surface area contributed by atoms with Crippen LogP contribution in [0, 0.1) is 0 Å².